The second kappa shape index (κ2) is 11.6. The number of piperazine rings is 1. The van der Waals surface area contributed by atoms with Gasteiger partial charge in [0.1, 0.15) is 11.5 Å². The van der Waals surface area contributed by atoms with Crippen LogP contribution in [0.15, 0.2) is 48.5 Å². The van der Waals surface area contributed by atoms with Crippen LogP contribution in [0.1, 0.15) is 44.4 Å². The number of rotatable bonds is 8. The molecular weight excluding hydrogens is 418 g/mol. The standard InChI is InChI=1S/C26H35N3O4/c1-19(2)33-24-7-5-6-22(18-24)20(3)27-26(31)29-16-14-28(15-17-29)25(30)13-10-21-8-11-23(32-4)12-9-21/h5-9,11-12,18-20H,10,13-17H2,1-4H3,(H,27,31). The highest BCUT2D eigenvalue weighted by Gasteiger charge is 2.25. The number of urea groups is 1. The monoisotopic (exact) mass is 453 g/mol. The summed E-state index contributed by atoms with van der Waals surface area (Å²) < 4.78 is 10.9. The Morgan fingerprint density at radius 2 is 1.61 bits per heavy atom. The van der Waals surface area contributed by atoms with Crippen molar-refractivity contribution >= 4 is 11.9 Å². The Bertz CT molecular complexity index is 921. The van der Waals surface area contributed by atoms with Crippen molar-refractivity contribution in [3.63, 3.8) is 0 Å². The molecule has 1 heterocycles. The Labute approximate surface area is 196 Å². The zero-order valence-corrected chi connectivity index (χ0v) is 20.0. The number of aryl methyl sites for hydroxylation is 1. The molecule has 1 atom stereocenters. The van der Waals surface area contributed by atoms with Gasteiger partial charge in [0.25, 0.3) is 0 Å². The molecule has 2 aromatic rings. The fraction of sp³-hybridized carbons (Fsp3) is 0.462. The van der Waals surface area contributed by atoms with Crippen molar-refractivity contribution in [3.05, 3.63) is 59.7 Å². The number of amides is 3. The fourth-order valence-electron chi connectivity index (χ4n) is 3.85. The molecule has 0 saturated carbocycles. The van der Waals surface area contributed by atoms with E-state index in [0.717, 1.165) is 22.6 Å². The molecule has 0 spiro atoms. The number of nitrogens with one attached hydrogen (secondary N) is 1. The molecule has 0 aliphatic carbocycles. The molecule has 1 N–H and O–H groups in total. The van der Waals surface area contributed by atoms with Crippen molar-refractivity contribution in [2.45, 2.75) is 45.8 Å². The number of ether oxygens (including phenoxy) is 2. The zero-order chi connectivity index (χ0) is 23.8. The highest BCUT2D eigenvalue weighted by Crippen LogP contribution is 2.20. The van der Waals surface area contributed by atoms with Crippen LogP contribution in [0.3, 0.4) is 0 Å². The number of nitrogens with zero attached hydrogens (tertiary/aromatic N) is 2. The van der Waals surface area contributed by atoms with Crippen molar-refractivity contribution < 1.29 is 19.1 Å². The van der Waals surface area contributed by atoms with E-state index in [1.54, 1.807) is 12.0 Å². The number of methoxy groups -OCH3 is 1. The summed E-state index contributed by atoms with van der Waals surface area (Å²) in [6.07, 6.45) is 1.26. The molecule has 1 aliphatic rings. The van der Waals surface area contributed by atoms with Gasteiger partial charge in [-0.1, -0.05) is 24.3 Å². The molecule has 0 bridgehead atoms. The summed E-state index contributed by atoms with van der Waals surface area (Å²) in [5, 5.41) is 3.06. The van der Waals surface area contributed by atoms with Gasteiger partial charge in [-0.2, -0.15) is 0 Å². The maximum absolute atomic E-state index is 12.8. The SMILES string of the molecule is COc1ccc(CCC(=O)N2CCN(C(=O)NC(C)c3cccc(OC(C)C)c3)CC2)cc1. The second-order valence-electron chi connectivity index (χ2n) is 8.63. The lowest BCUT2D eigenvalue weighted by atomic mass is 10.1. The van der Waals surface area contributed by atoms with E-state index in [-0.39, 0.29) is 24.1 Å². The molecule has 1 fully saturated rings. The van der Waals surface area contributed by atoms with E-state index in [4.69, 9.17) is 9.47 Å². The minimum Gasteiger partial charge on any atom is -0.497 e. The normalized spacial score (nSPS) is 14.7. The smallest absolute Gasteiger partial charge is 0.317 e. The molecule has 3 rings (SSSR count). The average Bonchev–Trinajstić information content (AvgIpc) is 2.82. The third kappa shape index (κ3) is 7.14. The van der Waals surface area contributed by atoms with Gasteiger partial charge in [-0.3, -0.25) is 4.79 Å². The first-order valence-electron chi connectivity index (χ1n) is 11.6. The maximum Gasteiger partial charge on any atom is 0.317 e. The lowest BCUT2D eigenvalue weighted by Crippen LogP contribution is -2.53. The molecule has 178 valence electrons. The van der Waals surface area contributed by atoms with Crippen molar-refractivity contribution in [2.24, 2.45) is 0 Å². The first-order chi connectivity index (χ1) is 15.9. The van der Waals surface area contributed by atoms with E-state index in [0.29, 0.717) is 39.0 Å². The van der Waals surface area contributed by atoms with Gasteiger partial charge in [-0.05, 0) is 62.6 Å². The molecule has 33 heavy (non-hydrogen) atoms. The van der Waals surface area contributed by atoms with Gasteiger partial charge in [-0.15, -0.1) is 0 Å². The Morgan fingerprint density at radius 1 is 0.939 bits per heavy atom. The topological polar surface area (TPSA) is 71.1 Å². The van der Waals surface area contributed by atoms with Crippen LogP contribution in [0, 0.1) is 0 Å². The van der Waals surface area contributed by atoms with Crippen LogP contribution in [0.2, 0.25) is 0 Å². The van der Waals surface area contributed by atoms with E-state index in [1.165, 1.54) is 0 Å². The number of hydrogen-bond acceptors (Lipinski definition) is 4. The number of hydrogen-bond donors (Lipinski definition) is 1. The van der Waals surface area contributed by atoms with E-state index in [2.05, 4.69) is 5.32 Å². The lowest BCUT2D eigenvalue weighted by Gasteiger charge is -2.35. The largest absolute Gasteiger partial charge is 0.497 e. The number of carbonyl (C=O) groups is 2. The van der Waals surface area contributed by atoms with Crippen LogP contribution < -0.4 is 14.8 Å². The second-order valence-corrected chi connectivity index (χ2v) is 8.63. The summed E-state index contributed by atoms with van der Waals surface area (Å²) in [5.41, 5.74) is 2.10. The molecule has 3 amide bonds. The number of carbonyl (C=O) groups excluding carboxylic acids is 2. The molecule has 7 heteroatoms. The van der Waals surface area contributed by atoms with Crippen LogP contribution in [0.5, 0.6) is 11.5 Å². The molecule has 1 unspecified atom stereocenters. The molecule has 2 aromatic carbocycles. The van der Waals surface area contributed by atoms with Gasteiger partial charge in [0, 0.05) is 32.6 Å². The molecule has 0 aromatic heterocycles. The number of benzene rings is 2. The van der Waals surface area contributed by atoms with Gasteiger partial charge >= 0.3 is 6.03 Å². The minimum atomic E-state index is -0.141. The zero-order valence-electron chi connectivity index (χ0n) is 20.0. The highest BCUT2D eigenvalue weighted by molar-refractivity contribution is 5.78. The van der Waals surface area contributed by atoms with E-state index >= 15 is 0 Å². The molecule has 7 nitrogen and oxygen atoms in total. The summed E-state index contributed by atoms with van der Waals surface area (Å²) in [5.74, 6) is 1.73. The van der Waals surface area contributed by atoms with Crippen molar-refractivity contribution in [2.75, 3.05) is 33.3 Å². The lowest BCUT2D eigenvalue weighted by molar-refractivity contribution is -0.132. The van der Waals surface area contributed by atoms with Crippen molar-refractivity contribution in [1.29, 1.82) is 0 Å². The van der Waals surface area contributed by atoms with E-state index in [1.807, 2.05) is 74.2 Å². The van der Waals surface area contributed by atoms with Gasteiger partial charge in [-0.25, -0.2) is 4.79 Å². The molecule has 0 radical (unpaired) electrons. The molecule has 1 aliphatic heterocycles. The maximum atomic E-state index is 12.8. The van der Waals surface area contributed by atoms with Crippen LogP contribution >= 0.6 is 0 Å². The summed E-state index contributed by atoms with van der Waals surface area (Å²) >= 11 is 0. The molecular formula is C26H35N3O4. The Hall–Kier alpha value is -3.22. The Morgan fingerprint density at radius 3 is 2.24 bits per heavy atom. The van der Waals surface area contributed by atoms with Gasteiger partial charge < -0.3 is 24.6 Å². The van der Waals surface area contributed by atoms with Gasteiger partial charge in [0.2, 0.25) is 5.91 Å². The van der Waals surface area contributed by atoms with Crippen LogP contribution in [0.4, 0.5) is 4.79 Å². The first kappa shape index (κ1) is 24.4. The predicted molar refractivity (Wildman–Crippen MR) is 129 cm³/mol. The van der Waals surface area contributed by atoms with E-state index in [9.17, 15) is 9.59 Å². The quantitative estimate of drug-likeness (QED) is 0.655. The van der Waals surface area contributed by atoms with Gasteiger partial charge in [0.05, 0.1) is 19.3 Å². The van der Waals surface area contributed by atoms with Gasteiger partial charge in [0.15, 0.2) is 0 Å². The van der Waals surface area contributed by atoms with Crippen LogP contribution in [-0.2, 0) is 11.2 Å². The fourth-order valence-corrected chi connectivity index (χ4v) is 3.85. The van der Waals surface area contributed by atoms with Crippen LogP contribution in [-0.4, -0.2) is 61.1 Å². The highest BCUT2D eigenvalue weighted by atomic mass is 16.5. The minimum absolute atomic E-state index is 0.0976. The summed E-state index contributed by atoms with van der Waals surface area (Å²) in [7, 11) is 1.64. The van der Waals surface area contributed by atoms with E-state index < -0.39 is 0 Å². The van der Waals surface area contributed by atoms with Crippen molar-refractivity contribution in [1.82, 2.24) is 15.1 Å². The first-order valence-corrected chi connectivity index (χ1v) is 11.6. The Kier molecular flexibility index (Phi) is 8.58. The summed E-state index contributed by atoms with van der Waals surface area (Å²) in [4.78, 5) is 29.0. The summed E-state index contributed by atoms with van der Waals surface area (Å²) in [6, 6.07) is 15.3. The summed E-state index contributed by atoms with van der Waals surface area (Å²) in [6.45, 7) is 8.11. The molecule has 1 saturated heterocycles. The third-order valence-corrected chi connectivity index (χ3v) is 5.78. The van der Waals surface area contributed by atoms with Crippen LogP contribution in [0.25, 0.3) is 0 Å². The predicted octanol–water partition coefficient (Wildman–Crippen LogP) is 4.03. The average molecular weight is 454 g/mol. The third-order valence-electron chi connectivity index (χ3n) is 5.78. The Balaban J connectivity index is 1.44. The van der Waals surface area contributed by atoms with Crippen molar-refractivity contribution in [3.8, 4) is 11.5 Å².